The normalized spacial score (nSPS) is 21.8. The molecular formula is C16H25NO2. The number of rotatable bonds is 5. The molecule has 0 aliphatic carbocycles. The highest BCUT2D eigenvalue weighted by atomic mass is 16.5. The van der Waals surface area contributed by atoms with E-state index in [9.17, 15) is 5.11 Å². The number of benzene rings is 1. The van der Waals surface area contributed by atoms with Gasteiger partial charge in [-0.1, -0.05) is 18.2 Å². The third-order valence-corrected chi connectivity index (χ3v) is 4.17. The van der Waals surface area contributed by atoms with Gasteiger partial charge in [0.25, 0.3) is 0 Å². The van der Waals surface area contributed by atoms with Gasteiger partial charge < -0.3 is 9.84 Å². The van der Waals surface area contributed by atoms with Crippen LogP contribution >= 0.6 is 0 Å². The zero-order valence-corrected chi connectivity index (χ0v) is 12.2. The van der Waals surface area contributed by atoms with E-state index in [4.69, 9.17) is 4.74 Å². The Morgan fingerprint density at radius 2 is 2.21 bits per heavy atom. The average molecular weight is 263 g/mol. The first-order chi connectivity index (χ1) is 9.13. The Bertz CT molecular complexity index is 419. The van der Waals surface area contributed by atoms with E-state index in [1.54, 1.807) is 7.11 Å². The first kappa shape index (κ1) is 14.5. The van der Waals surface area contributed by atoms with Gasteiger partial charge in [0.2, 0.25) is 0 Å². The maximum Gasteiger partial charge on any atom is 0.0900 e. The summed E-state index contributed by atoms with van der Waals surface area (Å²) in [5.41, 5.74) is 4.16. The molecule has 0 amide bonds. The van der Waals surface area contributed by atoms with Crippen molar-refractivity contribution in [3.63, 3.8) is 0 Å². The van der Waals surface area contributed by atoms with Crippen molar-refractivity contribution < 1.29 is 9.84 Å². The Balaban J connectivity index is 2.12. The van der Waals surface area contributed by atoms with Crippen molar-refractivity contribution >= 4 is 0 Å². The molecular weight excluding hydrogens is 238 g/mol. The van der Waals surface area contributed by atoms with Crippen LogP contribution in [-0.4, -0.2) is 42.9 Å². The van der Waals surface area contributed by atoms with Gasteiger partial charge in [0.15, 0.2) is 0 Å². The van der Waals surface area contributed by atoms with Crippen LogP contribution in [0.1, 0.15) is 35.6 Å². The Labute approximate surface area is 116 Å². The van der Waals surface area contributed by atoms with Crippen LogP contribution in [0.15, 0.2) is 18.2 Å². The number of methoxy groups -OCH3 is 1. The van der Waals surface area contributed by atoms with Crippen molar-refractivity contribution in [2.24, 2.45) is 0 Å². The highest BCUT2D eigenvalue weighted by molar-refractivity contribution is 5.35. The highest BCUT2D eigenvalue weighted by Gasteiger charge is 2.28. The lowest BCUT2D eigenvalue weighted by Gasteiger charge is -2.28. The van der Waals surface area contributed by atoms with Gasteiger partial charge in [-0.25, -0.2) is 0 Å². The maximum absolute atomic E-state index is 9.93. The van der Waals surface area contributed by atoms with Crippen LogP contribution in [0.5, 0.6) is 0 Å². The number of likely N-dealkylation sites (tertiary alicyclic amines) is 1. The SMILES string of the molecule is COCC(O)CN1CCCC1c1cccc(C)c1C. The van der Waals surface area contributed by atoms with Gasteiger partial charge >= 0.3 is 0 Å². The third-order valence-electron chi connectivity index (χ3n) is 4.17. The third kappa shape index (κ3) is 3.35. The molecule has 1 aromatic rings. The van der Waals surface area contributed by atoms with Gasteiger partial charge in [-0.05, 0) is 49.9 Å². The van der Waals surface area contributed by atoms with E-state index in [2.05, 4.69) is 36.9 Å². The molecule has 19 heavy (non-hydrogen) atoms. The summed E-state index contributed by atoms with van der Waals surface area (Å²) in [6, 6.07) is 6.98. The lowest BCUT2D eigenvalue weighted by molar-refractivity contribution is 0.0345. The average Bonchev–Trinajstić information content (AvgIpc) is 2.81. The second kappa shape index (κ2) is 6.51. The Kier molecular flexibility index (Phi) is 4.97. The summed E-state index contributed by atoms with van der Waals surface area (Å²) in [7, 11) is 1.63. The molecule has 0 saturated carbocycles. The van der Waals surface area contributed by atoms with Crippen molar-refractivity contribution in [2.45, 2.75) is 38.8 Å². The van der Waals surface area contributed by atoms with Crippen LogP contribution in [0.3, 0.4) is 0 Å². The summed E-state index contributed by atoms with van der Waals surface area (Å²) in [6.45, 7) is 6.55. The van der Waals surface area contributed by atoms with E-state index in [1.807, 2.05) is 0 Å². The second-order valence-electron chi connectivity index (χ2n) is 5.55. The number of aliphatic hydroxyl groups is 1. The van der Waals surface area contributed by atoms with Crippen molar-refractivity contribution in [3.05, 3.63) is 34.9 Å². The molecule has 2 unspecified atom stereocenters. The van der Waals surface area contributed by atoms with Gasteiger partial charge in [0, 0.05) is 19.7 Å². The fraction of sp³-hybridized carbons (Fsp3) is 0.625. The fourth-order valence-corrected chi connectivity index (χ4v) is 3.05. The van der Waals surface area contributed by atoms with Gasteiger partial charge in [0.1, 0.15) is 0 Å². The van der Waals surface area contributed by atoms with Gasteiger partial charge in [-0.15, -0.1) is 0 Å². The molecule has 1 aliphatic heterocycles. The molecule has 1 fully saturated rings. The molecule has 106 valence electrons. The lowest BCUT2D eigenvalue weighted by atomic mass is 9.96. The molecule has 1 aromatic carbocycles. The predicted molar refractivity (Wildman–Crippen MR) is 77.3 cm³/mol. The van der Waals surface area contributed by atoms with Crippen LogP contribution in [0.2, 0.25) is 0 Å². The first-order valence-corrected chi connectivity index (χ1v) is 7.10. The van der Waals surface area contributed by atoms with Crippen LogP contribution in [-0.2, 0) is 4.74 Å². The van der Waals surface area contributed by atoms with Crippen LogP contribution in [0, 0.1) is 13.8 Å². The minimum atomic E-state index is -0.393. The molecule has 1 N–H and O–H groups in total. The van der Waals surface area contributed by atoms with E-state index >= 15 is 0 Å². The van der Waals surface area contributed by atoms with E-state index in [0.717, 1.165) is 6.54 Å². The van der Waals surface area contributed by atoms with Gasteiger partial charge in [-0.3, -0.25) is 4.90 Å². The smallest absolute Gasteiger partial charge is 0.0900 e. The monoisotopic (exact) mass is 263 g/mol. The number of aryl methyl sites for hydroxylation is 1. The number of hydrogen-bond acceptors (Lipinski definition) is 3. The van der Waals surface area contributed by atoms with E-state index in [1.165, 1.54) is 29.5 Å². The summed E-state index contributed by atoms with van der Waals surface area (Å²) in [5, 5.41) is 9.93. The highest BCUT2D eigenvalue weighted by Crippen LogP contribution is 2.34. The fourth-order valence-electron chi connectivity index (χ4n) is 3.05. The molecule has 2 atom stereocenters. The molecule has 0 aromatic heterocycles. The van der Waals surface area contributed by atoms with Gasteiger partial charge in [-0.2, -0.15) is 0 Å². The van der Waals surface area contributed by atoms with Crippen molar-refractivity contribution in [3.8, 4) is 0 Å². The number of ether oxygens (including phenoxy) is 1. The molecule has 1 heterocycles. The summed E-state index contributed by atoms with van der Waals surface area (Å²) in [5.74, 6) is 0. The molecule has 3 heteroatoms. The molecule has 0 bridgehead atoms. The Morgan fingerprint density at radius 1 is 1.42 bits per heavy atom. The molecule has 1 saturated heterocycles. The van der Waals surface area contributed by atoms with Gasteiger partial charge in [0.05, 0.1) is 12.7 Å². The summed E-state index contributed by atoms with van der Waals surface area (Å²) < 4.78 is 5.02. The molecule has 0 spiro atoms. The lowest BCUT2D eigenvalue weighted by Crippen LogP contribution is -2.34. The van der Waals surface area contributed by atoms with Crippen LogP contribution < -0.4 is 0 Å². The summed E-state index contributed by atoms with van der Waals surface area (Å²) in [6.07, 6.45) is 2.00. The summed E-state index contributed by atoms with van der Waals surface area (Å²) in [4.78, 5) is 2.39. The maximum atomic E-state index is 9.93. The summed E-state index contributed by atoms with van der Waals surface area (Å²) >= 11 is 0. The molecule has 0 radical (unpaired) electrons. The number of β-amino-alcohol motifs (C(OH)–C–C–N with tert-alkyl or cyclic N) is 1. The van der Waals surface area contributed by atoms with E-state index in [0.29, 0.717) is 19.2 Å². The topological polar surface area (TPSA) is 32.7 Å². The zero-order chi connectivity index (χ0) is 13.8. The standard InChI is InChI=1S/C16H25NO2/c1-12-6-4-7-15(13(12)2)16-8-5-9-17(16)10-14(18)11-19-3/h4,6-7,14,16,18H,5,8-11H2,1-3H3. The minimum absolute atomic E-state index is 0.393. The molecule has 2 rings (SSSR count). The Morgan fingerprint density at radius 3 is 2.95 bits per heavy atom. The minimum Gasteiger partial charge on any atom is -0.389 e. The molecule has 3 nitrogen and oxygen atoms in total. The number of aliphatic hydroxyl groups excluding tert-OH is 1. The Hall–Kier alpha value is -0.900. The second-order valence-corrected chi connectivity index (χ2v) is 5.55. The predicted octanol–water partition coefficient (Wildman–Crippen LogP) is 2.45. The zero-order valence-electron chi connectivity index (χ0n) is 12.2. The van der Waals surface area contributed by atoms with E-state index < -0.39 is 6.10 Å². The van der Waals surface area contributed by atoms with Crippen molar-refractivity contribution in [2.75, 3.05) is 26.8 Å². The molecule has 1 aliphatic rings. The van der Waals surface area contributed by atoms with Crippen LogP contribution in [0.25, 0.3) is 0 Å². The largest absolute Gasteiger partial charge is 0.389 e. The van der Waals surface area contributed by atoms with E-state index in [-0.39, 0.29) is 0 Å². The van der Waals surface area contributed by atoms with Crippen molar-refractivity contribution in [1.82, 2.24) is 4.90 Å². The van der Waals surface area contributed by atoms with Crippen LogP contribution in [0.4, 0.5) is 0 Å². The van der Waals surface area contributed by atoms with Crippen molar-refractivity contribution in [1.29, 1.82) is 0 Å². The first-order valence-electron chi connectivity index (χ1n) is 7.10. The number of nitrogens with zero attached hydrogens (tertiary/aromatic N) is 1. The quantitative estimate of drug-likeness (QED) is 0.885. The number of hydrogen-bond donors (Lipinski definition) is 1.